The maximum atomic E-state index is 12.7. The molecule has 0 atom stereocenters. The molecule has 1 N–H and O–H groups in total. The molecule has 1 aliphatic rings. The Labute approximate surface area is 181 Å². The molecule has 8 heteroatoms. The molecule has 1 aliphatic heterocycles. The van der Waals surface area contributed by atoms with Crippen molar-refractivity contribution in [2.24, 2.45) is 0 Å². The number of hydrogen-bond donors (Lipinski definition) is 1. The topological polar surface area (TPSA) is 93.1 Å². The summed E-state index contributed by atoms with van der Waals surface area (Å²) >= 11 is 0. The van der Waals surface area contributed by atoms with Crippen molar-refractivity contribution >= 4 is 11.9 Å². The number of aromatic nitrogens is 4. The number of amides is 1. The molecule has 0 bridgehead atoms. The van der Waals surface area contributed by atoms with Gasteiger partial charge in [-0.2, -0.15) is 0 Å². The van der Waals surface area contributed by atoms with Crippen LogP contribution in [0.4, 0.5) is 5.95 Å². The summed E-state index contributed by atoms with van der Waals surface area (Å²) in [4.78, 5) is 32.7. The van der Waals surface area contributed by atoms with Crippen LogP contribution in [0.5, 0.6) is 5.75 Å². The fraction of sp³-hybridized carbons (Fsp3) is 0.348. The number of carbonyl (C=O) groups excluding carboxylic acids is 1. The van der Waals surface area contributed by atoms with E-state index < -0.39 is 0 Å². The SMILES string of the molecule is COc1ccccc1CNC(=O)c1cnc(C2CCN(c3ncccn3)CC2)nc1C. The number of nitrogens with one attached hydrogen (secondary N) is 1. The average Bonchev–Trinajstić information content (AvgIpc) is 2.83. The van der Waals surface area contributed by atoms with Crippen LogP contribution in [0.15, 0.2) is 48.9 Å². The zero-order valence-electron chi connectivity index (χ0n) is 17.8. The van der Waals surface area contributed by atoms with Crippen molar-refractivity contribution < 1.29 is 9.53 Å². The largest absolute Gasteiger partial charge is 0.496 e. The lowest BCUT2D eigenvalue weighted by molar-refractivity contribution is 0.0949. The minimum absolute atomic E-state index is 0.189. The van der Waals surface area contributed by atoms with E-state index in [-0.39, 0.29) is 11.8 Å². The average molecular weight is 419 g/mol. The van der Waals surface area contributed by atoms with Gasteiger partial charge in [-0.1, -0.05) is 18.2 Å². The van der Waals surface area contributed by atoms with Crippen LogP contribution in [0.3, 0.4) is 0 Å². The number of piperidine rings is 1. The number of nitrogens with zero attached hydrogens (tertiary/aromatic N) is 5. The molecule has 1 aromatic carbocycles. The highest BCUT2D eigenvalue weighted by atomic mass is 16.5. The Hall–Kier alpha value is -3.55. The van der Waals surface area contributed by atoms with Gasteiger partial charge in [0, 0.05) is 49.7 Å². The number of aryl methyl sites for hydroxylation is 1. The summed E-state index contributed by atoms with van der Waals surface area (Å²) in [5.41, 5.74) is 2.10. The molecule has 1 fully saturated rings. The molecule has 4 rings (SSSR count). The Kier molecular flexibility index (Phi) is 6.35. The van der Waals surface area contributed by atoms with Crippen molar-refractivity contribution in [1.82, 2.24) is 25.3 Å². The van der Waals surface area contributed by atoms with E-state index >= 15 is 0 Å². The van der Waals surface area contributed by atoms with Crippen molar-refractivity contribution in [3.05, 3.63) is 71.6 Å². The van der Waals surface area contributed by atoms with Gasteiger partial charge in [-0.15, -0.1) is 0 Å². The van der Waals surface area contributed by atoms with Gasteiger partial charge in [0.2, 0.25) is 5.95 Å². The zero-order chi connectivity index (χ0) is 21.6. The zero-order valence-corrected chi connectivity index (χ0v) is 17.8. The van der Waals surface area contributed by atoms with Gasteiger partial charge in [0.25, 0.3) is 5.91 Å². The first kappa shape index (κ1) is 20.7. The molecule has 0 unspecified atom stereocenters. The summed E-state index contributed by atoms with van der Waals surface area (Å²) in [6.45, 7) is 3.96. The van der Waals surface area contributed by atoms with E-state index in [0.29, 0.717) is 17.8 Å². The lowest BCUT2D eigenvalue weighted by Gasteiger charge is -2.31. The molecule has 3 heterocycles. The predicted octanol–water partition coefficient (Wildman–Crippen LogP) is 2.90. The summed E-state index contributed by atoms with van der Waals surface area (Å²) in [6.07, 6.45) is 7.02. The van der Waals surface area contributed by atoms with Crippen LogP contribution in [0.1, 0.15) is 46.2 Å². The molecule has 0 aliphatic carbocycles. The van der Waals surface area contributed by atoms with E-state index in [4.69, 9.17) is 4.74 Å². The number of ether oxygens (including phenoxy) is 1. The lowest BCUT2D eigenvalue weighted by atomic mass is 9.96. The van der Waals surface area contributed by atoms with Gasteiger partial charge >= 0.3 is 0 Å². The van der Waals surface area contributed by atoms with Crippen molar-refractivity contribution in [2.45, 2.75) is 32.2 Å². The van der Waals surface area contributed by atoms with E-state index in [9.17, 15) is 4.79 Å². The Morgan fingerprint density at radius 2 is 1.87 bits per heavy atom. The molecule has 2 aromatic heterocycles. The molecule has 0 radical (unpaired) electrons. The second-order valence-corrected chi connectivity index (χ2v) is 7.53. The highest BCUT2D eigenvalue weighted by Gasteiger charge is 2.25. The molecule has 1 amide bonds. The fourth-order valence-corrected chi connectivity index (χ4v) is 3.82. The number of carbonyl (C=O) groups is 1. The van der Waals surface area contributed by atoms with Crippen LogP contribution in [0.25, 0.3) is 0 Å². The smallest absolute Gasteiger partial charge is 0.254 e. The fourth-order valence-electron chi connectivity index (χ4n) is 3.82. The molecular formula is C23H26N6O2. The van der Waals surface area contributed by atoms with Crippen LogP contribution in [0, 0.1) is 6.92 Å². The number of hydrogen-bond acceptors (Lipinski definition) is 7. The molecule has 1 saturated heterocycles. The monoisotopic (exact) mass is 418 g/mol. The third-order valence-corrected chi connectivity index (χ3v) is 5.57. The second kappa shape index (κ2) is 9.51. The summed E-state index contributed by atoms with van der Waals surface area (Å²) in [5, 5.41) is 2.93. The molecule has 0 spiro atoms. The van der Waals surface area contributed by atoms with Gasteiger partial charge < -0.3 is 15.0 Å². The molecule has 160 valence electrons. The highest BCUT2D eigenvalue weighted by molar-refractivity contribution is 5.94. The van der Waals surface area contributed by atoms with Crippen LogP contribution in [0.2, 0.25) is 0 Å². The third kappa shape index (κ3) is 4.79. The van der Waals surface area contributed by atoms with E-state index in [0.717, 1.165) is 49.0 Å². The number of para-hydroxylation sites is 1. The highest BCUT2D eigenvalue weighted by Crippen LogP contribution is 2.27. The lowest BCUT2D eigenvalue weighted by Crippen LogP contribution is -2.34. The minimum atomic E-state index is -0.189. The summed E-state index contributed by atoms with van der Waals surface area (Å²) in [6, 6.07) is 9.44. The van der Waals surface area contributed by atoms with Crippen molar-refractivity contribution in [2.75, 3.05) is 25.1 Å². The number of anilines is 1. The third-order valence-electron chi connectivity index (χ3n) is 5.57. The summed E-state index contributed by atoms with van der Waals surface area (Å²) < 4.78 is 5.34. The molecular weight excluding hydrogens is 392 g/mol. The van der Waals surface area contributed by atoms with E-state index in [1.54, 1.807) is 25.7 Å². The Morgan fingerprint density at radius 3 is 2.58 bits per heavy atom. The van der Waals surface area contributed by atoms with Crippen molar-refractivity contribution in [1.29, 1.82) is 0 Å². The minimum Gasteiger partial charge on any atom is -0.496 e. The van der Waals surface area contributed by atoms with Gasteiger partial charge in [0.05, 0.1) is 18.4 Å². The summed E-state index contributed by atoms with van der Waals surface area (Å²) in [5.74, 6) is 2.39. The van der Waals surface area contributed by atoms with Gasteiger partial charge in [0.1, 0.15) is 11.6 Å². The normalized spacial score (nSPS) is 14.3. The second-order valence-electron chi connectivity index (χ2n) is 7.53. The molecule has 8 nitrogen and oxygen atoms in total. The van der Waals surface area contributed by atoms with E-state index in [2.05, 4.69) is 30.2 Å². The molecule has 0 saturated carbocycles. The van der Waals surface area contributed by atoms with Crippen LogP contribution in [-0.4, -0.2) is 46.0 Å². The van der Waals surface area contributed by atoms with Gasteiger partial charge in [-0.05, 0) is 31.9 Å². The number of methoxy groups -OCH3 is 1. The first-order valence-corrected chi connectivity index (χ1v) is 10.4. The Balaban J connectivity index is 1.37. The Morgan fingerprint density at radius 1 is 1.13 bits per heavy atom. The summed E-state index contributed by atoms with van der Waals surface area (Å²) in [7, 11) is 1.62. The van der Waals surface area contributed by atoms with E-state index in [1.807, 2.05) is 37.3 Å². The quantitative estimate of drug-likeness (QED) is 0.658. The number of rotatable bonds is 6. The maximum absolute atomic E-state index is 12.7. The van der Waals surface area contributed by atoms with Gasteiger partial charge in [0.15, 0.2) is 0 Å². The van der Waals surface area contributed by atoms with Gasteiger partial charge in [-0.3, -0.25) is 4.79 Å². The predicted molar refractivity (Wildman–Crippen MR) is 117 cm³/mol. The van der Waals surface area contributed by atoms with E-state index in [1.165, 1.54) is 0 Å². The first-order valence-electron chi connectivity index (χ1n) is 10.4. The van der Waals surface area contributed by atoms with Crippen LogP contribution in [-0.2, 0) is 6.54 Å². The Bertz CT molecular complexity index is 1040. The van der Waals surface area contributed by atoms with Crippen molar-refractivity contribution in [3.63, 3.8) is 0 Å². The standard InChI is InChI=1S/C23H26N6O2/c1-16-19(22(30)27-14-18-6-3-4-7-20(18)31-2)15-26-21(28-16)17-8-12-29(13-9-17)23-24-10-5-11-25-23/h3-7,10-11,15,17H,8-9,12-14H2,1-2H3,(H,27,30). The maximum Gasteiger partial charge on any atom is 0.254 e. The molecule has 3 aromatic rings. The number of benzene rings is 1. The first-order chi connectivity index (χ1) is 15.2. The van der Waals surface area contributed by atoms with Gasteiger partial charge in [-0.25, -0.2) is 19.9 Å². The van der Waals surface area contributed by atoms with Crippen LogP contribution < -0.4 is 15.0 Å². The molecule has 31 heavy (non-hydrogen) atoms. The van der Waals surface area contributed by atoms with Crippen LogP contribution >= 0.6 is 0 Å². The van der Waals surface area contributed by atoms with Crippen molar-refractivity contribution in [3.8, 4) is 5.75 Å².